The van der Waals surface area contributed by atoms with E-state index < -0.39 is 6.61 Å². The molecule has 10 heteroatoms. The standard InChI is InChI=1S/C20H20F2N4O3S/c1-3-28-16-7-5-4-6-15(16)23-17(27)12-30-20-25-24-18(26(20)2)13-8-10-14(11-9-13)29-19(21)22/h4-11,19H,3,12H2,1-2H3,(H,23,27). The third kappa shape index (κ3) is 5.47. The number of rotatable bonds is 9. The van der Waals surface area contributed by atoms with Crippen molar-refractivity contribution in [3.8, 4) is 22.9 Å². The van der Waals surface area contributed by atoms with Crippen LogP contribution >= 0.6 is 11.8 Å². The number of nitrogens with zero attached hydrogens (tertiary/aromatic N) is 3. The van der Waals surface area contributed by atoms with Gasteiger partial charge < -0.3 is 19.4 Å². The van der Waals surface area contributed by atoms with E-state index >= 15 is 0 Å². The normalized spacial score (nSPS) is 10.8. The fraction of sp³-hybridized carbons (Fsp3) is 0.250. The number of hydrogen-bond acceptors (Lipinski definition) is 6. The maximum Gasteiger partial charge on any atom is 0.387 e. The minimum Gasteiger partial charge on any atom is -0.492 e. The molecule has 0 aliphatic carbocycles. The number of para-hydroxylation sites is 2. The zero-order valence-corrected chi connectivity index (χ0v) is 17.2. The van der Waals surface area contributed by atoms with E-state index in [1.54, 1.807) is 35.9 Å². The molecule has 0 fully saturated rings. The molecule has 30 heavy (non-hydrogen) atoms. The van der Waals surface area contributed by atoms with Gasteiger partial charge in [-0.2, -0.15) is 8.78 Å². The van der Waals surface area contributed by atoms with Crippen molar-refractivity contribution in [3.05, 3.63) is 48.5 Å². The summed E-state index contributed by atoms with van der Waals surface area (Å²) in [6.45, 7) is -0.502. The SMILES string of the molecule is CCOc1ccccc1NC(=O)CSc1nnc(-c2ccc(OC(F)F)cc2)n1C. The number of thioether (sulfide) groups is 1. The summed E-state index contributed by atoms with van der Waals surface area (Å²) in [6.07, 6.45) is 0. The van der Waals surface area contributed by atoms with Crippen molar-refractivity contribution in [2.24, 2.45) is 7.05 Å². The van der Waals surface area contributed by atoms with Crippen LogP contribution in [0.5, 0.6) is 11.5 Å². The minimum absolute atomic E-state index is 0.0644. The lowest BCUT2D eigenvalue weighted by atomic mass is 10.2. The van der Waals surface area contributed by atoms with Crippen LogP contribution in [0, 0.1) is 0 Å². The summed E-state index contributed by atoms with van der Waals surface area (Å²) in [5.74, 6) is 1.15. The number of benzene rings is 2. The highest BCUT2D eigenvalue weighted by Gasteiger charge is 2.14. The van der Waals surface area contributed by atoms with Gasteiger partial charge in [-0.15, -0.1) is 10.2 Å². The van der Waals surface area contributed by atoms with Crippen LogP contribution in [-0.2, 0) is 11.8 Å². The van der Waals surface area contributed by atoms with Gasteiger partial charge >= 0.3 is 6.61 Å². The summed E-state index contributed by atoms with van der Waals surface area (Å²) in [4.78, 5) is 12.3. The lowest BCUT2D eigenvalue weighted by Gasteiger charge is -2.11. The second-order valence-electron chi connectivity index (χ2n) is 6.03. The van der Waals surface area contributed by atoms with E-state index in [2.05, 4.69) is 20.3 Å². The second kappa shape index (κ2) is 10.1. The number of aromatic nitrogens is 3. The molecule has 0 saturated carbocycles. The van der Waals surface area contributed by atoms with Gasteiger partial charge in [-0.05, 0) is 43.3 Å². The Labute approximate surface area is 176 Å². The van der Waals surface area contributed by atoms with Crippen LogP contribution in [0.25, 0.3) is 11.4 Å². The van der Waals surface area contributed by atoms with Crippen molar-refractivity contribution >= 4 is 23.4 Å². The van der Waals surface area contributed by atoms with Gasteiger partial charge in [0.05, 0.1) is 18.0 Å². The van der Waals surface area contributed by atoms with Crippen molar-refractivity contribution in [2.45, 2.75) is 18.7 Å². The number of anilines is 1. The molecule has 0 atom stereocenters. The zero-order chi connectivity index (χ0) is 21.5. The monoisotopic (exact) mass is 434 g/mol. The molecule has 158 valence electrons. The highest BCUT2D eigenvalue weighted by Crippen LogP contribution is 2.26. The van der Waals surface area contributed by atoms with E-state index in [1.807, 2.05) is 19.1 Å². The first-order chi connectivity index (χ1) is 14.5. The van der Waals surface area contributed by atoms with Crippen molar-refractivity contribution in [3.63, 3.8) is 0 Å². The van der Waals surface area contributed by atoms with Gasteiger partial charge in [0.15, 0.2) is 11.0 Å². The number of alkyl halides is 2. The Morgan fingerprint density at radius 1 is 1.17 bits per heavy atom. The van der Waals surface area contributed by atoms with Gasteiger partial charge in [0.2, 0.25) is 5.91 Å². The van der Waals surface area contributed by atoms with Gasteiger partial charge in [-0.25, -0.2) is 0 Å². The molecule has 0 spiro atoms. The summed E-state index contributed by atoms with van der Waals surface area (Å²) in [6, 6.07) is 13.3. The molecular formula is C20H20F2N4O3S. The smallest absolute Gasteiger partial charge is 0.387 e. The molecule has 3 aromatic rings. The average Bonchev–Trinajstić information content (AvgIpc) is 3.09. The Hall–Kier alpha value is -3.14. The molecule has 1 aromatic heterocycles. The number of carbonyl (C=O) groups is 1. The number of carbonyl (C=O) groups excluding carboxylic acids is 1. The van der Waals surface area contributed by atoms with E-state index in [-0.39, 0.29) is 17.4 Å². The number of hydrogen-bond donors (Lipinski definition) is 1. The molecule has 2 aromatic carbocycles. The maximum absolute atomic E-state index is 12.3. The Bertz CT molecular complexity index is 996. The largest absolute Gasteiger partial charge is 0.492 e. The molecule has 1 N–H and O–H groups in total. The summed E-state index contributed by atoms with van der Waals surface area (Å²) in [7, 11) is 1.77. The van der Waals surface area contributed by atoms with Gasteiger partial charge in [-0.1, -0.05) is 23.9 Å². The third-order valence-electron chi connectivity index (χ3n) is 3.97. The Morgan fingerprint density at radius 2 is 1.90 bits per heavy atom. The average molecular weight is 434 g/mol. The third-order valence-corrected chi connectivity index (χ3v) is 4.99. The predicted octanol–water partition coefficient (Wildman–Crippen LogP) is 4.21. The van der Waals surface area contributed by atoms with E-state index in [1.165, 1.54) is 23.9 Å². The van der Waals surface area contributed by atoms with Gasteiger partial charge in [0, 0.05) is 12.6 Å². The van der Waals surface area contributed by atoms with Crippen molar-refractivity contribution in [1.82, 2.24) is 14.8 Å². The zero-order valence-electron chi connectivity index (χ0n) is 16.3. The minimum atomic E-state index is -2.87. The van der Waals surface area contributed by atoms with Crippen LogP contribution in [0.2, 0.25) is 0 Å². The Balaban J connectivity index is 1.62. The van der Waals surface area contributed by atoms with E-state index in [4.69, 9.17) is 4.74 Å². The first-order valence-electron chi connectivity index (χ1n) is 9.07. The quantitative estimate of drug-likeness (QED) is 0.508. The summed E-state index contributed by atoms with van der Waals surface area (Å²) < 4.78 is 36.1. The molecule has 1 heterocycles. The van der Waals surface area contributed by atoms with E-state index in [0.29, 0.717) is 34.6 Å². The van der Waals surface area contributed by atoms with Gasteiger partial charge in [0.1, 0.15) is 11.5 Å². The fourth-order valence-electron chi connectivity index (χ4n) is 2.65. The molecule has 0 bridgehead atoms. The van der Waals surface area contributed by atoms with Crippen LogP contribution < -0.4 is 14.8 Å². The predicted molar refractivity (Wildman–Crippen MR) is 110 cm³/mol. The number of ether oxygens (including phenoxy) is 2. The lowest BCUT2D eigenvalue weighted by molar-refractivity contribution is -0.113. The summed E-state index contributed by atoms with van der Waals surface area (Å²) >= 11 is 1.23. The summed E-state index contributed by atoms with van der Waals surface area (Å²) in [5.41, 5.74) is 1.29. The maximum atomic E-state index is 12.3. The molecule has 7 nitrogen and oxygen atoms in total. The van der Waals surface area contributed by atoms with Gasteiger partial charge in [0.25, 0.3) is 0 Å². The molecule has 0 aliphatic rings. The number of halogens is 2. The van der Waals surface area contributed by atoms with Crippen LogP contribution in [-0.4, -0.2) is 39.6 Å². The molecular weight excluding hydrogens is 414 g/mol. The Morgan fingerprint density at radius 3 is 2.60 bits per heavy atom. The van der Waals surface area contributed by atoms with E-state index in [0.717, 1.165) is 0 Å². The molecule has 0 saturated heterocycles. The number of amides is 1. The van der Waals surface area contributed by atoms with Crippen LogP contribution in [0.15, 0.2) is 53.7 Å². The molecule has 0 radical (unpaired) electrons. The van der Waals surface area contributed by atoms with E-state index in [9.17, 15) is 13.6 Å². The second-order valence-corrected chi connectivity index (χ2v) is 6.98. The highest BCUT2D eigenvalue weighted by atomic mass is 32.2. The van der Waals surface area contributed by atoms with Gasteiger partial charge in [-0.3, -0.25) is 4.79 Å². The van der Waals surface area contributed by atoms with Crippen molar-refractivity contribution in [2.75, 3.05) is 17.7 Å². The first kappa shape index (κ1) is 21.6. The van der Waals surface area contributed by atoms with Crippen molar-refractivity contribution in [1.29, 1.82) is 0 Å². The molecule has 0 aliphatic heterocycles. The van der Waals surface area contributed by atoms with Crippen LogP contribution in [0.3, 0.4) is 0 Å². The van der Waals surface area contributed by atoms with Crippen LogP contribution in [0.1, 0.15) is 6.92 Å². The first-order valence-corrected chi connectivity index (χ1v) is 10.1. The molecule has 3 rings (SSSR count). The Kier molecular flexibility index (Phi) is 7.23. The topological polar surface area (TPSA) is 78.3 Å². The summed E-state index contributed by atoms with van der Waals surface area (Å²) in [5, 5.41) is 11.6. The van der Waals surface area contributed by atoms with Crippen molar-refractivity contribution < 1.29 is 23.0 Å². The van der Waals surface area contributed by atoms with Crippen LogP contribution in [0.4, 0.5) is 14.5 Å². The highest BCUT2D eigenvalue weighted by molar-refractivity contribution is 7.99. The lowest BCUT2D eigenvalue weighted by Crippen LogP contribution is -2.15. The molecule has 0 unspecified atom stereocenters. The fourth-order valence-corrected chi connectivity index (χ4v) is 3.36. The molecule has 1 amide bonds. The number of nitrogens with one attached hydrogen (secondary N) is 1.